The second kappa shape index (κ2) is 9.53. The number of carbonyl (C=O) groups is 1. The lowest BCUT2D eigenvalue weighted by Crippen LogP contribution is -2.42. The van der Waals surface area contributed by atoms with Crippen LogP contribution in [0.3, 0.4) is 0 Å². The topological polar surface area (TPSA) is 88.0 Å². The van der Waals surface area contributed by atoms with Crippen molar-refractivity contribution in [1.29, 1.82) is 0 Å². The quantitative estimate of drug-likeness (QED) is 0.432. The molecule has 0 spiro atoms. The molecule has 0 unspecified atom stereocenters. The van der Waals surface area contributed by atoms with E-state index in [0.717, 1.165) is 84.2 Å². The molecule has 0 saturated carbocycles. The Balaban J connectivity index is 1.49. The predicted octanol–water partition coefficient (Wildman–Crippen LogP) is 3.66. The summed E-state index contributed by atoms with van der Waals surface area (Å²) >= 11 is 1.41. The highest BCUT2D eigenvalue weighted by Crippen LogP contribution is 2.44. The first kappa shape index (κ1) is 23.0. The van der Waals surface area contributed by atoms with Crippen molar-refractivity contribution in [1.82, 2.24) is 30.0 Å². The first-order chi connectivity index (χ1) is 17.6. The fraction of sp³-hybridized carbons (Fsp3) is 0.308. The zero-order valence-electron chi connectivity index (χ0n) is 19.9. The maximum Gasteiger partial charge on any atom is 0.223 e. The van der Waals surface area contributed by atoms with Crippen LogP contribution in [0.4, 0.5) is 9.52 Å². The predicted molar refractivity (Wildman–Crippen MR) is 138 cm³/mol. The van der Waals surface area contributed by atoms with Crippen molar-refractivity contribution in [3.8, 4) is 27.5 Å². The van der Waals surface area contributed by atoms with Crippen molar-refractivity contribution < 1.29 is 9.18 Å². The Labute approximate surface area is 212 Å². The van der Waals surface area contributed by atoms with Gasteiger partial charge in [0, 0.05) is 63.2 Å². The van der Waals surface area contributed by atoms with Gasteiger partial charge in [0.15, 0.2) is 5.13 Å². The summed E-state index contributed by atoms with van der Waals surface area (Å²) in [4.78, 5) is 23.9. The Morgan fingerprint density at radius 1 is 1.22 bits per heavy atom. The largest absolute Gasteiger partial charge is 0.314 e. The van der Waals surface area contributed by atoms with Crippen molar-refractivity contribution >= 4 is 22.4 Å². The minimum atomic E-state index is -0.333. The molecule has 10 heteroatoms. The minimum absolute atomic E-state index is 0.169. The summed E-state index contributed by atoms with van der Waals surface area (Å²) in [5.74, 6) is -0.502. The van der Waals surface area contributed by atoms with Crippen LogP contribution in [-0.4, -0.2) is 56.7 Å². The number of pyridine rings is 1. The number of amides is 1. The van der Waals surface area contributed by atoms with Crippen LogP contribution in [0.5, 0.6) is 0 Å². The number of rotatable bonds is 5. The van der Waals surface area contributed by atoms with E-state index in [0.29, 0.717) is 10.8 Å². The summed E-state index contributed by atoms with van der Waals surface area (Å²) in [6, 6.07) is 9.14. The number of nitrogens with zero attached hydrogens (tertiary/aromatic N) is 5. The number of aryl methyl sites for hydroxylation is 1. The average molecular weight is 504 g/mol. The first-order valence-electron chi connectivity index (χ1n) is 12.1. The van der Waals surface area contributed by atoms with Gasteiger partial charge in [0.2, 0.25) is 5.91 Å². The zero-order valence-corrected chi connectivity index (χ0v) is 20.7. The molecule has 2 aliphatic rings. The number of nitrogens with one attached hydrogen (secondary N) is 2. The van der Waals surface area contributed by atoms with E-state index in [-0.39, 0.29) is 11.7 Å². The molecule has 8 nitrogen and oxygen atoms in total. The van der Waals surface area contributed by atoms with Crippen LogP contribution in [0.15, 0.2) is 42.7 Å². The number of benzene rings is 1. The van der Waals surface area contributed by atoms with E-state index in [1.807, 2.05) is 24.3 Å². The van der Waals surface area contributed by atoms with Crippen molar-refractivity contribution in [3.05, 3.63) is 65.4 Å². The molecule has 1 saturated heterocycles. The van der Waals surface area contributed by atoms with Gasteiger partial charge in [-0.3, -0.25) is 14.7 Å². The molecule has 0 radical (unpaired) electrons. The van der Waals surface area contributed by atoms with E-state index in [4.69, 9.17) is 5.10 Å². The Bertz CT molecular complexity index is 1430. The van der Waals surface area contributed by atoms with Crippen LogP contribution in [-0.2, 0) is 24.2 Å². The van der Waals surface area contributed by atoms with Gasteiger partial charge in [-0.2, -0.15) is 5.10 Å². The molecular formula is C26H26FN7OS. The highest BCUT2D eigenvalue weighted by atomic mass is 32.1. The van der Waals surface area contributed by atoms with Crippen LogP contribution in [0.2, 0.25) is 0 Å². The zero-order chi connectivity index (χ0) is 24.6. The van der Waals surface area contributed by atoms with Gasteiger partial charge in [-0.05, 0) is 42.7 Å². The number of fused-ring (bicyclic) bond motifs is 3. The number of thiazole rings is 1. The van der Waals surface area contributed by atoms with Gasteiger partial charge in [-0.15, -0.1) is 0 Å². The van der Waals surface area contributed by atoms with Crippen LogP contribution in [0.1, 0.15) is 23.7 Å². The van der Waals surface area contributed by atoms with Gasteiger partial charge in [0.1, 0.15) is 11.5 Å². The minimum Gasteiger partial charge on any atom is -0.314 e. The number of halogens is 1. The maximum absolute atomic E-state index is 15.4. The van der Waals surface area contributed by atoms with Gasteiger partial charge >= 0.3 is 0 Å². The number of carbonyl (C=O) groups excluding carboxylic acids is 1. The SMILES string of the molecule is CC(=O)Nc1nc2c(s1)-c1c(c(-c3cccnc3)nn1-c1cc(CN3CCNCC3)ccc1F)CC2. The van der Waals surface area contributed by atoms with E-state index >= 15 is 4.39 Å². The molecule has 4 heterocycles. The molecule has 6 rings (SSSR count). The highest BCUT2D eigenvalue weighted by molar-refractivity contribution is 7.19. The van der Waals surface area contributed by atoms with Crippen molar-refractivity contribution in [3.63, 3.8) is 0 Å². The van der Waals surface area contributed by atoms with E-state index in [1.54, 1.807) is 17.1 Å². The normalized spacial score (nSPS) is 15.4. The van der Waals surface area contributed by atoms with E-state index in [1.165, 1.54) is 24.3 Å². The number of hydrogen-bond acceptors (Lipinski definition) is 7. The van der Waals surface area contributed by atoms with Gasteiger partial charge in [0.25, 0.3) is 0 Å². The fourth-order valence-electron chi connectivity index (χ4n) is 4.93. The van der Waals surface area contributed by atoms with Gasteiger partial charge < -0.3 is 10.6 Å². The number of anilines is 1. The lowest BCUT2D eigenvalue weighted by Gasteiger charge is -2.27. The van der Waals surface area contributed by atoms with Gasteiger partial charge in [0.05, 0.1) is 22.0 Å². The van der Waals surface area contributed by atoms with Crippen LogP contribution in [0.25, 0.3) is 27.5 Å². The molecule has 1 fully saturated rings. The van der Waals surface area contributed by atoms with Crippen molar-refractivity contribution in [2.45, 2.75) is 26.3 Å². The third kappa shape index (κ3) is 4.32. The molecule has 2 N–H and O–H groups in total. The smallest absolute Gasteiger partial charge is 0.223 e. The van der Waals surface area contributed by atoms with Gasteiger partial charge in [-0.1, -0.05) is 17.4 Å². The molecule has 1 amide bonds. The summed E-state index contributed by atoms with van der Waals surface area (Å²) in [7, 11) is 0. The lowest BCUT2D eigenvalue weighted by atomic mass is 9.95. The van der Waals surface area contributed by atoms with E-state index in [2.05, 4.69) is 25.5 Å². The molecule has 184 valence electrons. The summed E-state index contributed by atoms with van der Waals surface area (Å²) in [5, 5.41) is 11.7. The Hall–Kier alpha value is -3.47. The molecule has 1 aromatic carbocycles. The van der Waals surface area contributed by atoms with Gasteiger partial charge in [-0.25, -0.2) is 14.1 Å². The fourth-order valence-corrected chi connectivity index (χ4v) is 6.05. The second-order valence-electron chi connectivity index (χ2n) is 9.12. The third-order valence-corrected chi connectivity index (χ3v) is 7.60. The second-order valence-corrected chi connectivity index (χ2v) is 10.1. The monoisotopic (exact) mass is 503 g/mol. The third-order valence-electron chi connectivity index (χ3n) is 6.58. The highest BCUT2D eigenvalue weighted by Gasteiger charge is 2.31. The van der Waals surface area contributed by atoms with E-state index < -0.39 is 0 Å². The molecule has 1 aliphatic carbocycles. The summed E-state index contributed by atoms with van der Waals surface area (Å²) in [6.45, 7) is 6.07. The average Bonchev–Trinajstić information content (AvgIpc) is 3.47. The maximum atomic E-state index is 15.4. The summed E-state index contributed by atoms with van der Waals surface area (Å²) in [6.07, 6.45) is 4.96. The van der Waals surface area contributed by atoms with Crippen molar-refractivity contribution in [2.75, 3.05) is 31.5 Å². The standard InChI is InChI=1S/C26H26FN7OS/c1-16(35)30-26-31-21-7-5-19-23(18-3-2-8-29-14-18)32-34(24(19)25(21)36-26)22-13-17(4-6-20(22)27)15-33-11-9-28-10-12-33/h2-4,6,8,13-14,28H,5,7,9-12,15H2,1H3,(H,30,31,35). The Morgan fingerprint density at radius 3 is 2.86 bits per heavy atom. The summed E-state index contributed by atoms with van der Waals surface area (Å²) < 4.78 is 17.1. The van der Waals surface area contributed by atoms with Crippen LogP contribution < -0.4 is 10.6 Å². The number of aromatic nitrogens is 4. The molecule has 3 aromatic heterocycles. The first-order valence-corrected chi connectivity index (χ1v) is 12.9. The van der Waals surface area contributed by atoms with Crippen LogP contribution >= 0.6 is 11.3 Å². The van der Waals surface area contributed by atoms with E-state index in [9.17, 15) is 4.79 Å². The Kier molecular flexibility index (Phi) is 6.08. The molecule has 0 bridgehead atoms. The molecule has 4 aromatic rings. The molecule has 1 aliphatic heterocycles. The van der Waals surface area contributed by atoms with Crippen molar-refractivity contribution in [2.24, 2.45) is 0 Å². The number of hydrogen-bond donors (Lipinski definition) is 2. The van der Waals surface area contributed by atoms with Crippen LogP contribution in [0, 0.1) is 5.82 Å². The molecule has 36 heavy (non-hydrogen) atoms. The molecular weight excluding hydrogens is 477 g/mol. The molecule has 0 atom stereocenters. The number of piperazine rings is 1. The lowest BCUT2D eigenvalue weighted by molar-refractivity contribution is -0.114. The summed E-state index contributed by atoms with van der Waals surface area (Å²) in [5.41, 5.74) is 5.91. The Morgan fingerprint density at radius 2 is 2.08 bits per heavy atom.